The molecule has 32 heavy (non-hydrogen) atoms. The average molecular weight is 437 g/mol. The third-order valence-electron chi connectivity index (χ3n) is 4.68. The number of hydroxylamine groups is 2. The maximum Gasteiger partial charge on any atom is 0.439 e. The topological polar surface area (TPSA) is 130 Å². The minimum absolute atomic E-state index is 0.0395. The summed E-state index contributed by atoms with van der Waals surface area (Å²) in [5, 5.41) is 13.5. The molecule has 4 rings (SSSR count). The first-order valence-corrected chi connectivity index (χ1v) is 9.67. The predicted octanol–water partition coefficient (Wildman–Crippen LogP) is 3.47. The van der Waals surface area contributed by atoms with Crippen LogP contribution in [0.25, 0.3) is 11.0 Å². The monoisotopic (exact) mass is 437 g/mol. The maximum absolute atomic E-state index is 12.8. The van der Waals surface area contributed by atoms with E-state index in [0.29, 0.717) is 16.7 Å². The molecule has 4 amide bonds. The minimum atomic E-state index is -1.61. The molecule has 1 aliphatic rings. The molecule has 164 valence electrons. The molecule has 10 nitrogen and oxygen atoms in total. The standard InChI is InChI=1S/C22H19N3O7/c1-22(2,3)32-25(21(29)30)20(28)17-15-10-12(8-9-16(15)31-23-17)11-24-18(26)13-6-4-5-7-14(13)19(24)27/h4-10H,11H2,1-3H3,(H,29,30). The van der Waals surface area contributed by atoms with Gasteiger partial charge in [0.25, 0.3) is 11.8 Å². The Kier molecular flexibility index (Phi) is 5.02. The van der Waals surface area contributed by atoms with E-state index < -0.39 is 29.4 Å². The summed E-state index contributed by atoms with van der Waals surface area (Å²) in [6, 6.07) is 11.2. The van der Waals surface area contributed by atoms with E-state index in [1.807, 2.05) is 0 Å². The number of benzene rings is 2. The van der Waals surface area contributed by atoms with Gasteiger partial charge in [0.05, 0.1) is 28.7 Å². The molecule has 0 bridgehead atoms. The van der Waals surface area contributed by atoms with Crippen LogP contribution in [0, 0.1) is 0 Å². The van der Waals surface area contributed by atoms with Gasteiger partial charge in [-0.3, -0.25) is 24.1 Å². The molecule has 3 aromatic rings. The van der Waals surface area contributed by atoms with Crippen molar-refractivity contribution in [1.29, 1.82) is 0 Å². The Morgan fingerprint density at radius 3 is 2.28 bits per heavy atom. The first-order chi connectivity index (χ1) is 15.1. The van der Waals surface area contributed by atoms with E-state index in [9.17, 15) is 24.3 Å². The number of carbonyl (C=O) groups excluding carboxylic acids is 3. The summed E-state index contributed by atoms with van der Waals surface area (Å²) >= 11 is 0. The van der Waals surface area contributed by atoms with Gasteiger partial charge >= 0.3 is 12.0 Å². The van der Waals surface area contributed by atoms with Gasteiger partial charge in [0.15, 0.2) is 11.3 Å². The first-order valence-electron chi connectivity index (χ1n) is 9.67. The van der Waals surface area contributed by atoms with Crippen molar-refractivity contribution in [2.45, 2.75) is 32.9 Å². The molecule has 0 saturated carbocycles. The fourth-order valence-electron chi connectivity index (χ4n) is 3.34. The van der Waals surface area contributed by atoms with Gasteiger partial charge in [0.1, 0.15) is 0 Å². The van der Waals surface area contributed by atoms with Crippen LogP contribution in [0.15, 0.2) is 47.0 Å². The highest BCUT2D eigenvalue weighted by atomic mass is 16.7. The van der Waals surface area contributed by atoms with E-state index in [4.69, 9.17) is 9.36 Å². The molecular weight excluding hydrogens is 418 g/mol. The van der Waals surface area contributed by atoms with Crippen molar-refractivity contribution in [2.75, 3.05) is 0 Å². The highest BCUT2D eigenvalue weighted by Gasteiger charge is 2.36. The lowest BCUT2D eigenvalue weighted by molar-refractivity contribution is -0.173. The largest absolute Gasteiger partial charge is 0.463 e. The van der Waals surface area contributed by atoms with Gasteiger partial charge < -0.3 is 9.63 Å². The van der Waals surface area contributed by atoms with Crippen LogP contribution in [0.3, 0.4) is 0 Å². The quantitative estimate of drug-likeness (QED) is 0.485. The molecule has 0 unspecified atom stereocenters. The van der Waals surface area contributed by atoms with Crippen LogP contribution in [0.5, 0.6) is 0 Å². The van der Waals surface area contributed by atoms with Gasteiger partial charge in [-0.1, -0.05) is 23.4 Å². The van der Waals surface area contributed by atoms with Crippen LogP contribution >= 0.6 is 0 Å². The Morgan fingerprint density at radius 2 is 1.72 bits per heavy atom. The molecule has 0 saturated heterocycles. The Bertz CT molecular complexity index is 1240. The summed E-state index contributed by atoms with van der Waals surface area (Å²) < 4.78 is 5.15. The lowest BCUT2D eigenvalue weighted by Crippen LogP contribution is -2.42. The summed E-state index contributed by atoms with van der Waals surface area (Å²) in [4.78, 5) is 56.0. The molecule has 0 spiro atoms. The van der Waals surface area contributed by atoms with Crippen molar-refractivity contribution in [3.63, 3.8) is 0 Å². The van der Waals surface area contributed by atoms with Crippen molar-refractivity contribution in [3.8, 4) is 0 Å². The first kappa shape index (κ1) is 21.2. The van der Waals surface area contributed by atoms with Crippen molar-refractivity contribution in [2.24, 2.45) is 0 Å². The van der Waals surface area contributed by atoms with E-state index in [-0.39, 0.29) is 28.3 Å². The minimum Gasteiger partial charge on any atom is -0.463 e. The second-order valence-corrected chi connectivity index (χ2v) is 8.19. The molecule has 0 aliphatic carbocycles. The molecule has 0 fully saturated rings. The van der Waals surface area contributed by atoms with Gasteiger partial charge in [-0.05, 0) is 50.6 Å². The SMILES string of the molecule is CC(C)(C)ON(C(=O)O)C(=O)c1noc2ccc(CN3C(=O)c4ccccc4C3=O)cc12. The molecular formula is C22H19N3O7. The molecule has 1 aliphatic heterocycles. The Hall–Kier alpha value is -4.05. The normalized spacial score (nSPS) is 13.5. The predicted molar refractivity (Wildman–Crippen MR) is 110 cm³/mol. The Morgan fingerprint density at radius 1 is 1.09 bits per heavy atom. The third-order valence-corrected chi connectivity index (χ3v) is 4.68. The fourth-order valence-corrected chi connectivity index (χ4v) is 3.34. The number of nitrogens with zero attached hydrogens (tertiary/aromatic N) is 3. The summed E-state index contributed by atoms with van der Waals surface area (Å²) in [5.41, 5.74) is 0.204. The van der Waals surface area contributed by atoms with Gasteiger partial charge in [0.2, 0.25) is 0 Å². The van der Waals surface area contributed by atoms with Crippen molar-refractivity contribution >= 4 is 34.8 Å². The van der Waals surface area contributed by atoms with E-state index in [1.165, 1.54) is 12.1 Å². The zero-order valence-corrected chi connectivity index (χ0v) is 17.5. The van der Waals surface area contributed by atoms with Crippen LogP contribution in [0.2, 0.25) is 0 Å². The number of hydrogen-bond acceptors (Lipinski definition) is 7. The van der Waals surface area contributed by atoms with E-state index >= 15 is 0 Å². The van der Waals surface area contributed by atoms with Gasteiger partial charge in [-0.25, -0.2) is 4.79 Å². The number of aromatic nitrogens is 1. The summed E-state index contributed by atoms with van der Waals surface area (Å²) in [6.07, 6.45) is -1.61. The zero-order chi connectivity index (χ0) is 23.2. The number of amides is 4. The number of rotatable bonds is 4. The Balaban J connectivity index is 1.65. The molecule has 1 aromatic heterocycles. The number of imide groups is 2. The Labute approximate surface area is 181 Å². The second kappa shape index (κ2) is 7.57. The van der Waals surface area contributed by atoms with E-state index in [0.717, 1.165) is 4.90 Å². The summed E-state index contributed by atoms with van der Waals surface area (Å²) in [5.74, 6) is -1.85. The van der Waals surface area contributed by atoms with Crippen LogP contribution < -0.4 is 0 Å². The van der Waals surface area contributed by atoms with Crippen LogP contribution in [0.4, 0.5) is 4.79 Å². The van der Waals surface area contributed by atoms with Crippen LogP contribution in [0.1, 0.15) is 57.5 Å². The molecule has 2 aromatic carbocycles. The second-order valence-electron chi connectivity index (χ2n) is 8.19. The molecule has 10 heteroatoms. The molecule has 2 heterocycles. The maximum atomic E-state index is 12.8. The molecule has 1 N–H and O–H groups in total. The molecule has 0 radical (unpaired) electrons. The smallest absolute Gasteiger partial charge is 0.439 e. The summed E-state index contributed by atoms with van der Waals surface area (Å²) in [6.45, 7) is 4.74. The number of carboxylic acid groups (broad SMARTS) is 1. The lowest BCUT2D eigenvalue weighted by atomic mass is 10.1. The summed E-state index contributed by atoms with van der Waals surface area (Å²) in [7, 11) is 0. The highest BCUT2D eigenvalue weighted by molar-refractivity contribution is 6.21. The van der Waals surface area contributed by atoms with Gasteiger partial charge in [0, 0.05) is 0 Å². The lowest BCUT2D eigenvalue weighted by Gasteiger charge is -2.25. The van der Waals surface area contributed by atoms with Crippen molar-refractivity contribution in [1.82, 2.24) is 15.1 Å². The van der Waals surface area contributed by atoms with E-state index in [2.05, 4.69) is 5.16 Å². The van der Waals surface area contributed by atoms with Crippen molar-refractivity contribution < 1.29 is 33.6 Å². The van der Waals surface area contributed by atoms with Crippen LogP contribution in [-0.4, -0.2) is 49.6 Å². The van der Waals surface area contributed by atoms with Gasteiger partial charge in [-0.2, -0.15) is 0 Å². The highest BCUT2D eigenvalue weighted by Crippen LogP contribution is 2.27. The average Bonchev–Trinajstić information content (AvgIpc) is 3.26. The van der Waals surface area contributed by atoms with Crippen molar-refractivity contribution in [3.05, 3.63) is 64.8 Å². The fraction of sp³-hybridized carbons (Fsp3) is 0.227. The van der Waals surface area contributed by atoms with Gasteiger partial charge in [-0.15, -0.1) is 5.06 Å². The number of hydrogen-bond donors (Lipinski definition) is 1. The number of fused-ring (bicyclic) bond motifs is 2. The molecule has 0 atom stereocenters. The van der Waals surface area contributed by atoms with Crippen LogP contribution in [-0.2, 0) is 11.4 Å². The number of carbonyl (C=O) groups is 4. The zero-order valence-electron chi connectivity index (χ0n) is 17.5. The van der Waals surface area contributed by atoms with E-state index in [1.54, 1.807) is 51.1 Å². The third kappa shape index (κ3) is 3.71.